The number of hydrogen-bond donors (Lipinski definition) is 4. The van der Waals surface area contributed by atoms with Crippen LogP contribution in [0.2, 0.25) is 0 Å². The highest BCUT2D eigenvalue weighted by atomic mass is 16.3. The lowest BCUT2D eigenvalue weighted by Crippen LogP contribution is -2.63. The molecule has 6 N–H and O–H groups in total. The van der Waals surface area contributed by atoms with Crippen LogP contribution in [0.3, 0.4) is 0 Å². The molecule has 0 saturated heterocycles. The highest BCUT2D eigenvalue weighted by molar-refractivity contribution is 6.54. The predicted octanol–water partition coefficient (Wildman–Crippen LogP) is -3.08. The van der Waals surface area contributed by atoms with Gasteiger partial charge in [-0.25, -0.2) is 20.0 Å². The normalized spacial score (nSPS) is 26.4. The molecule has 10 nitrogen and oxygen atoms in total. The quantitative estimate of drug-likeness (QED) is 0.428. The summed E-state index contributed by atoms with van der Waals surface area (Å²) in [5.41, 5.74) is 9.41. The van der Waals surface area contributed by atoms with Crippen LogP contribution < -0.4 is 16.8 Å². The van der Waals surface area contributed by atoms with Crippen LogP contribution in [0, 0.1) is 0 Å². The van der Waals surface area contributed by atoms with Gasteiger partial charge in [-0.1, -0.05) is 0 Å². The van der Waals surface area contributed by atoms with Crippen LogP contribution >= 0.6 is 0 Å². The number of carbonyl (C=O) groups is 2. The number of nitrogens with zero attached hydrogens (tertiary/aromatic N) is 4. The number of amides is 2. The molecule has 0 aromatic carbocycles. The van der Waals surface area contributed by atoms with Crippen LogP contribution in [0.25, 0.3) is 0 Å². The fourth-order valence-electron chi connectivity index (χ4n) is 1.54. The molecule has 0 fully saturated rings. The van der Waals surface area contributed by atoms with Crippen molar-refractivity contribution in [3.63, 3.8) is 0 Å². The second kappa shape index (κ2) is 5.00. The van der Waals surface area contributed by atoms with Gasteiger partial charge in [0.1, 0.15) is 24.4 Å². The number of carbonyl (C=O) groups excluding carboxylic acids is 2. The summed E-state index contributed by atoms with van der Waals surface area (Å²) in [5.74, 6) is -1.63. The van der Waals surface area contributed by atoms with Crippen molar-refractivity contribution in [1.82, 2.24) is 5.32 Å². The van der Waals surface area contributed by atoms with Gasteiger partial charge < -0.3 is 10.8 Å². The third-order valence-electron chi connectivity index (χ3n) is 2.79. The molecule has 2 aliphatic rings. The largest absolute Gasteiger partial charge is 0.391 e. The third kappa shape index (κ3) is 2.27. The molecule has 0 saturated carbocycles. The van der Waals surface area contributed by atoms with Gasteiger partial charge in [0.15, 0.2) is 5.84 Å². The van der Waals surface area contributed by atoms with E-state index in [1.807, 2.05) is 5.32 Å². The first-order valence-corrected chi connectivity index (χ1v) is 5.67. The van der Waals surface area contributed by atoms with Gasteiger partial charge in [0.05, 0.1) is 6.10 Å². The average molecular weight is 279 g/mol. The minimum atomic E-state index is -1.90. The van der Waals surface area contributed by atoms with Crippen LogP contribution in [-0.4, -0.2) is 59.0 Å². The summed E-state index contributed by atoms with van der Waals surface area (Å²) in [6, 6.07) is -1.26. The van der Waals surface area contributed by atoms with E-state index in [2.05, 4.69) is 20.0 Å². The zero-order chi connectivity index (χ0) is 14.9. The van der Waals surface area contributed by atoms with Gasteiger partial charge in [0.25, 0.3) is 5.91 Å². The number of rotatable bonds is 3. The van der Waals surface area contributed by atoms with Gasteiger partial charge in [0, 0.05) is 0 Å². The number of aliphatic imine (C=N–C) groups is 4. The predicted molar refractivity (Wildman–Crippen MR) is 71.6 cm³/mol. The molecule has 1 unspecified atom stereocenters. The van der Waals surface area contributed by atoms with Crippen molar-refractivity contribution in [1.29, 1.82) is 0 Å². The van der Waals surface area contributed by atoms with Crippen LogP contribution in [0.4, 0.5) is 0 Å². The molecule has 20 heavy (non-hydrogen) atoms. The van der Waals surface area contributed by atoms with Crippen LogP contribution in [0.15, 0.2) is 20.0 Å². The molecule has 2 heterocycles. The lowest BCUT2D eigenvalue weighted by Gasteiger charge is -2.25. The molecule has 3 atom stereocenters. The zero-order valence-corrected chi connectivity index (χ0v) is 10.5. The fraction of sp³-hybridized carbons (Fsp3) is 0.400. The fourth-order valence-corrected chi connectivity index (χ4v) is 1.54. The molecule has 106 valence electrons. The van der Waals surface area contributed by atoms with Crippen molar-refractivity contribution in [2.24, 2.45) is 31.4 Å². The number of amidine groups is 1. The molecule has 2 rings (SSSR count). The summed E-state index contributed by atoms with van der Waals surface area (Å²) < 4.78 is 0. The van der Waals surface area contributed by atoms with Crippen molar-refractivity contribution < 1.29 is 14.7 Å². The lowest BCUT2D eigenvalue weighted by atomic mass is 10.0. The maximum Gasteiger partial charge on any atom is 0.275 e. The number of nitrogens with two attached hydrogens (primary N) is 2. The van der Waals surface area contributed by atoms with Crippen molar-refractivity contribution >= 4 is 36.0 Å². The summed E-state index contributed by atoms with van der Waals surface area (Å²) in [7, 11) is 0. The second-order valence-corrected chi connectivity index (χ2v) is 4.27. The summed E-state index contributed by atoms with van der Waals surface area (Å²) in [6.07, 6.45) is 1.13. The Morgan fingerprint density at radius 3 is 2.75 bits per heavy atom. The summed E-state index contributed by atoms with van der Waals surface area (Å²) >= 11 is 0. The highest BCUT2D eigenvalue weighted by Crippen LogP contribution is 2.15. The molecule has 0 aromatic heterocycles. The average Bonchev–Trinajstić information content (AvgIpc) is 2.87. The Kier molecular flexibility index (Phi) is 3.53. The summed E-state index contributed by atoms with van der Waals surface area (Å²) in [6.45, 7) is 1.32. The maximum absolute atomic E-state index is 12.1. The Morgan fingerprint density at radius 1 is 1.40 bits per heavy atom. The van der Waals surface area contributed by atoms with E-state index in [4.69, 9.17) is 11.5 Å². The zero-order valence-electron chi connectivity index (χ0n) is 10.5. The molecule has 2 amide bonds. The van der Waals surface area contributed by atoms with Crippen LogP contribution in [0.5, 0.6) is 0 Å². The first kappa shape index (κ1) is 14.1. The third-order valence-corrected chi connectivity index (χ3v) is 2.79. The summed E-state index contributed by atoms with van der Waals surface area (Å²) in [4.78, 5) is 38.9. The van der Waals surface area contributed by atoms with Crippen molar-refractivity contribution in [2.75, 3.05) is 0 Å². The first-order valence-electron chi connectivity index (χ1n) is 5.67. The molecule has 0 spiro atoms. The van der Waals surface area contributed by atoms with E-state index in [9.17, 15) is 14.7 Å². The van der Waals surface area contributed by atoms with Gasteiger partial charge in [-0.3, -0.25) is 20.6 Å². The molecule has 10 heteroatoms. The van der Waals surface area contributed by atoms with Crippen molar-refractivity contribution in [3.05, 3.63) is 0 Å². The van der Waals surface area contributed by atoms with Gasteiger partial charge in [0.2, 0.25) is 11.6 Å². The van der Waals surface area contributed by atoms with E-state index in [0.29, 0.717) is 0 Å². The van der Waals surface area contributed by atoms with E-state index >= 15 is 0 Å². The topological polar surface area (TPSA) is 168 Å². The molecule has 0 radical (unpaired) electrons. The lowest BCUT2D eigenvalue weighted by molar-refractivity contribution is -0.133. The number of imide groups is 1. The van der Waals surface area contributed by atoms with E-state index in [1.165, 1.54) is 13.3 Å². The van der Waals surface area contributed by atoms with Crippen LogP contribution in [-0.2, 0) is 9.59 Å². The van der Waals surface area contributed by atoms with E-state index < -0.39 is 29.6 Å². The molecule has 0 bridgehead atoms. The summed E-state index contributed by atoms with van der Waals surface area (Å²) in [5, 5.41) is 11.2. The smallest absolute Gasteiger partial charge is 0.275 e. The van der Waals surface area contributed by atoms with Crippen molar-refractivity contribution in [2.45, 2.75) is 24.7 Å². The second-order valence-electron chi connectivity index (χ2n) is 4.27. The molecule has 2 aliphatic heterocycles. The molecular formula is C10H13N7O3. The standard InChI is InChI=1S/C10H13N7O3/c1-4(18)5(11)8(19)17-9(20)10(12)6-7(14-2-13-6)15-3-16-10/h2-5,18H,11-12H2,1H3,(H,17,19,20)/t4-,5+,10?/m1/s1. The number of aliphatic hydroxyl groups is 1. The molecule has 0 aromatic rings. The van der Waals surface area contributed by atoms with Gasteiger partial charge in [-0.2, -0.15) is 0 Å². The number of hydrogen-bond acceptors (Lipinski definition) is 9. The Bertz CT molecular complexity index is 577. The highest BCUT2D eigenvalue weighted by Gasteiger charge is 2.45. The van der Waals surface area contributed by atoms with Crippen molar-refractivity contribution in [3.8, 4) is 0 Å². The Balaban J connectivity index is 2.16. The Labute approximate surface area is 113 Å². The van der Waals surface area contributed by atoms with E-state index in [-0.39, 0.29) is 11.5 Å². The van der Waals surface area contributed by atoms with Gasteiger partial charge in [-0.15, -0.1) is 0 Å². The van der Waals surface area contributed by atoms with Gasteiger partial charge >= 0.3 is 0 Å². The monoisotopic (exact) mass is 279 g/mol. The number of aliphatic hydroxyl groups excluding tert-OH is 1. The maximum atomic E-state index is 12.1. The SMILES string of the molecule is C[C@@H](O)[C@H](N)C(=O)NC(=O)C1(N)N=CN=C2N=CN=C21. The number of fused-ring (bicyclic) bond motifs is 1. The van der Waals surface area contributed by atoms with E-state index in [0.717, 1.165) is 6.34 Å². The Hall–Kier alpha value is -2.30. The minimum Gasteiger partial charge on any atom is -0.391 e. The van der Waals surface area contributed by atoms with E-state index in [1.54, 1.807) is 0 Å². The molecular weight excluding hydrogens is 266 g/mol. The number of nitrogens with one attached hydrogen (secondary N) is 1. The molecule has 0 aliphatic carbocycles. The minimum absolute atomic E-state index is 0.0379. The Morgan fingerprint density at radius 2 is 2.10 bits per heavy atom. The van der Waals surface area contributed by atoms with Crippen LogP contribution in [0.1, 0.15) is 6.92 Å². The first-order chi connectivity index (χ1) is 9.36. The van der Waals surface area contributed by atoms with Gasteiger partial charge in [-0.05, 0) is 6.92 Å².